The van der Waals surface area contributed by atoms with Crippen LogP contribution in [0, 0.1) is 0 Å². The zero-order valence-electron chi connectivity index (χ0n) is 13.2. The van der Waals surface area contributed by atoms with Gasteiger partial charge in [-0.15, -0.1) is 0 Å². The predicted octanol–water partition coefficient (Wildman–Crippen LogP) is 3.57. The lowest BCUT2D eigenvalue weighted by Crippen LogP contribution is -2.27. The fourth-order valence-corrected chi connectivity index (χ4v) is 2.32. The van der Waals surface area contributed by atoms with E-state index in [1.165, 1.54) is 5.56 Å². The van der Waals surface area contributed by atoms with Gasteiger partial charge in [0.1, 0.15) is 12.4 Å². The van der Waals surface area contributed by atoms with Gasteiger partial charge in [0, 0.05) is 30.2 Å². The second-order valence-corrected chi connectivity index (χ2v) is 5.80. The van der Waals surface area contributed by atoms with Gasteiger partial charge in [-0.1, -0.05) is 41.9 Å². The predicted molar refractivity (Wildman–Crippen MR) is 92.5 cm³/mol. The maximum absolute atomic E-state index is 5.98. The minimum absolute atomic E-state index is 0.550. The second kappa shape index (κ2) is 8.79. The Kier molecular flexibility index (Phi) is 6.72. The van der Waals surface area contributed by atoms with E-state index in [1.807, 2.05) is 43.4 Å². The Morgan fingerprint density at radius 3 is 2.55 bits per heavy atom. The van der Waals surface area contributed by atoms with Crippen LogP contribution in [-0.4, -0.2) is 32.1 Å². The summed E-state index contributed by atoms with van der Waals surface area (Å²) in [6.07, 6.45) is 0. The van der Waals surface area contributed by atoms with Crippen molar-refractivity contribution in [3.63, 3.8) is 0 Å². The van der Waals surface area contributed by atoms with Crippen molar-refractivity contribution in [1.29, 1.82) is 0 Å². The van der Waals surface area contributed by atoms with Crippen LogP contribution in [0.3, 0.4) is 0 Å². The number of ether oxygens (including phenoxy) is 1. The average Bonchev–Trinajstić information content (AvgIpc) is 2.53. The SMILES string of the molecule is CNCCN(C)Cc1ccccc1OCc1ccc(Cl)cc1. The third-order valence-electron chi connectivity index (χ3n) is 3.46. The molecule has 0 spiro atoms. The van der Waals surface area contributed by atoms with Gasteiger partial charge in [0.25, 0.3) is 0 Å². The van der Waals surface area contributed by atoms with E-state index in [0.29, 0.717) is 6.61 Å². The molecule has 0 aliphatic carbocycles. The van der Waals surface area contributed by atoms with Gasteiger partial charge in [-0.25, -0.2) is 0 Å². The molecule has 0 heterocycles. The Balaban J connectivity index is 1.97. The summed E-state index contributed by atoms with van der Waals surface area (Å²) in [4.78, 5) is 2.28. The van der Waals surface area contributed by atoms with Crippen molar-refractivity contribution in [3.05, 3.63) is 64.7 Å². The normalized spacial score (nSPS) is 10.9. The quantitative estimate of drug-likeness (QED) is 0.805. The molecule has 0 amide bonds. The maximum atomic E-state index is 5.98. The average molecular weight is 319 g/mol. The van der Waals surface area contributed by atoms with Crippen LogP contribution >= 0.6 is 11.6 Å². The van der Waals surface area contributed by atoms with Gasteiger partial charge in [-0.05, 0) is 37.9 Å². The first-order chi connectivity index (χ1) is 10.7. The molecule has 118 valence electrons. The first kappa shape index (κ1) is 16.8. The first-order valence-corrected chi connectivity index (χ1v) is 7.85. The van der Waals surface area contributed by atoms with Gasteiger partial charge in [0.2, 0.25) is 0 Å². The molecule has 0 atom stereocenters. The lowest BCUT2D eigenvalue weighted by molar-refractivity contribution is 0.285. The molecule has 4 heteroatoms. The molecule has 1 N–H and O–H groups in total. The van der Waals surface area contributed by atoms with Crippen LogP contribution in [0.15, 0.2) is 48.5 Å². The van der Waals surface area contributed by atoms with Crippen molar-refractivity contribution in [1.82, 2.24) is 10.2 Å². The van der Waals surface area contributed by atoms with Crippen LogP contribution in [0.4, 0.5) is 0 Å². The van der Waals surface area contributed by atoms with Gasteiger partial charge in [-0.2, -0.15) is 0 Å². The molecule has 0 saturated heterocycles. The van der Waals surface area contributed by atoms with E-state index >= 15 is 0 Å². The van der Waals surface area contributed by atoms with E-state index in [4.69, 9.17) is 16.3 Å². The molecule has 0 saturated carbocycles. The highest BCUT2D eigenvalue weighted by Gasteiger charge is 2.06. The Bertz CT molecular complexity index is 572. The number of halogens is 1. The van der Waals surface area contributed by atoms with E-state index in [1.54, 1.807) is 0 Å². The van der Waals surface area contributed by atoms with Crippen LogP contribution in [-0.2, 0) is 13.2 Å². The van der Waals surface area contributed by atoms with E-state index < -0.39 is 0 Å². The highest BCUT2D eigenvalue weighted by molar-refractivity contribution is 6.30. The van der Waals surface area contributed by atoms with Crippen molar-refractivity contribution >= 4 is 11.6 Å². The summed E-state index contributed by atoms with van der Waals surface area (Å²) in [6, 6.07) is 16.0. The molecular weight excluding hydrogens is 296 g/mol. The summed E-state index contributed by atoms with van der Waals surface area (Å²) in [6.45, 7) is 3.40. The minimum Gasteiger partial charge on any atom is -0.489 e. The third-order valence-corrected chi connectivity index (χ3v) is 3.72. The van der Waals surface area contributed by atoms with E-state index in [9.17, 15) is 0 Å². The summed E-state index contributed by atoms with van der Waals surface area (Å²) in [5.74, 6) is 0.939. The Hall–Kier alpha value is -1.55. The van der Waals surface area contributed by atoms with Gasteiger partial charge in [-0.3, -0.25) is 0 Å². The third kappa shape index (κ3) is 5.34. The molecule has 2 aromatic rings. The summed E-state index contributed by atoms with van der Waals surface area (Å²) in [5.41, 5.74) is 2.32. The summed E-state index contributed by atoms with van der Waals surface area (Å²) in [5, 5.41) is 3.91. The molecule has 0 radical (unpaired) electrons. The molecule has 3 nitrogen and oxygen atoms in total. The van der Waals surface area contributed by atoms with E-state index in [0.717, 1.165) is 36.0 Å². The van der Waals surface area contributed by atoms with Crippen molar-refractivity contribution in [2.24, 2.45) is 0 Å². The zero-order valence-corrected chi connectivity index (χ0v) is 13.9. The number of benzene rings is 2. The monoisotopic (exact) mass is 318 g/mol. The van der Waals surface area contributed by atoms with Crippen molar-refractivity contribution in [2.75, 3.05) is 27.2 Å². The molecule has 0 bridgehead atoms. The fraction of sp³-hybridized carbons (Fsp3) is 0.333. The second-order valence-electron chi connectivity index (χ2n) is 5.36. The lowest BCUT2D eigenvalue weighted by atomic mass is 10.2. The zero-order chi connectivity index (χ0) is 15.8. The number of para-hydroxylation sites is 1. The number of rotatable bonds is 8. The van der Waals surface area contributed by atoms with Gasteiger partial charge in [0.15, 0.2) is 0 Å². The van der Waals surface area contributed by atoms with Crippen molar-refractivity contribution in [2.45, 2.75) is 13.2 Å². The van der Waals surface area contributed by atoms with E-state index in [-0.39, 0.29) is 0 Å². The molecule has 0 fully saturated rings. The molecular formula is C18H23ClN2O. The minimum atomic E-state index is 0.550. The van der Waals surface area contributed by atoms with Crippen LogP contribution in [0.5, 0.6) is 5.75 Å². The molecule has 0 aromatic heterocycles. The highest BCUT2D eigenvalue weighted by atomic mass is 35.5. The summed E-state index contributed by atoms with van der Waals surface area (Å²) >= 11 is 5.90. The number of likely N-dealkylation sites (N-methyl/N-ethyl adjacent to an activating group) is 2. The van der Waals surface area contributed by atoms with E-state index in [2.05, 4.69) is 29.4 Å². The van der Waals surface area contributed by atoms with Gasteiger partial charge < -0.3 is 15.0 Å². The lowest BCUT2D eigenvalue weighted by Gasteiger charge is -2.19. The molecule has 0 unspecified atom stereocenters. The summed E-state index contributed by atoms with van der Waals surface area (Å²) < 4.78 is 5.98. The van der Waals surface area contributed by atoms with Gasteiger partial charge >= 0.3 is 0 Å². The Morgan fingerprint density at radius 1 is 1.09 bits per heavy atom. The summed E-state index contributed by atoms with van der Waals surface area (Å²) in [7, 11) is 4.09. The molecule has 22 heavy (non-hydrogen) atoms. The molecule has 2 rings (SSSR count). The Labute approximate surface area is 137 Å². The van der Waals surface area contributed by atoms with Crippen LogP contribution in [0.1, 0.15) is 11.1 Å². The molecule has 0 aliphatic rings. The number of nitrogens with one attached hydrogen (secondary N) is 1. The van der Waals surface area contributed by atoms with Crippen LogP contribution in [0.2, 0.25) is 5.02 Å². The Morgan fingerprint density at radius 2 is 1.82 bits per heavy atom. The van der Waals surface area contributed by atoms with Crippen LogP contribution < -0.4 is 10.1 Å². The van der Waals surface area contributed by atoms with Gasteiger partial charge in [0.05, 0.1) is 0 Å². The number of hydrogen-bond acceptors (Lipinski definition) is 3. The maximum Gasteiger partial charge on any atom is 0.124 e. The first-order valence-electron chi connectivity index (χ1n) is 7.47. The van der Waals surface area contributed by atoms with Crippen LogP contribution in [0.25, 0.3) is 0 Å². The topological polar surface area (TPSA) is 24.5 Å². The van der Waals surface area contributed by atoms with Crippen molar-refractivity contribution < 1.29 is 4.74 Å². The highest BCUT2D eigenvalue weighted by Crippen LogP contribution is 2.21. The smallest absolute Gasteiger partial charge is 0.124 e. The molecule has 0 aliphatic heterocycles. The largest absolute Gasteiger partial charge is 0.489 e. The molecule has 2 aromatic carbocycles. The fourth-order valence-electron chi connectivity index (χ4n) is 2.19. The number of nitrogens with zero attached hydrogens (tertiary/aromatic N) is 1. The van der Waals surface area contributed by atoms with Crippen molar-refractivity contribution in [3.8, 4) is 5.75 Å². The number of hydrogen-bond donors (Lipinski definition) is 1. The standard InChI is InChI=1S/C18H23ClN2O/c1-20-11-12-21(2)13-16-5-3-4-6-18(16)22-14-15-7-9-17(19)10-8-15/h3-10,20H,11-14H2,1-2H3.